The molecule has 6 N–H and O–H groups in total. The molecule has 0 aliphatic heterocycles. The third-order valence-corrected chi connectivity index (χ3v) is 6.21. The molecule has 3 aliphatic carbocycles. The van der Waals surface area contributed by atoms with Gasteiger partial charge in [-0.05, 0) is 77.0 Å². The zero-order chi connectivity index (χ0) is 15.4. The quantitative estimate of drug-likeness (QED) is 0.641. The Hall–Kier alpha value is -0.160. The van der Waals surface area contributed by atoms with Gasteiger partial charge in [0.1, 0.15) is 0 Å². The summed E-state index contributed by atoms with van der Waals surface area (Å²) in [5, 5.41) is 7.82. The van der Waals surface area contributed by atoms with Gasteiger partial charge >= 0.3 is 0 Å². The molecule has 0 unspecified atom stereocenters. The molecule has 128 valence electrons. The van der Waals surface area contributed by atoms with Crippen LogP contribution in [0.25, 0.3) is 0 Å². The summed E-state index contributed by atoms with van der Waals surface area (Å²) in [6.07, 6.45) is 15.3. The summed E-state index contributed by atoms with van der Waals surface area (Å²) in [5.74, 6) is 0. The molecule has 0 aromatic heterocycles. The van der Waals surface area contributed by atoms with Crippen molar-refractivity contribution in [2.45, 2.75) is 113 Å². The van der Waals surface area contributed by atoms with Gasteiger partial charge in [-0.3, -0.25) is 0 Å². The first kappa shape index (κ1) is 16.7. The third kappa shape index (κ3) is 4.92. The van der Waals surface area contributed by atoms with E-state index in [1.165, 1.54) is 77.0 Å². The Bertz CT molecular complexity index is 279. The standard InChI is InChI=1S/C18H36N4/c19-13-1-5-15(6-2-13)21-17-9-11-18(12-10-17)22-16-7-3-14(20)4-8-16/h13-18,21-22H,1-12,19-20H2. The second kappa shape index (κ2) is 8.09. The first-order valence-corrected chi connectivity index (χ1v) is 9.72. The fourth-order valence-corrected chi connectivity index (χ4v) is 4.67. The highest BCUT2D eigenvalue weighted by Crippen LogP contribution is 2.25. The van der Waals surface area contributed by atoms with Crippen LogP contribution in [-0.2, 0) is 0 Å². The number of nitrogens with one attached hydrogen (secondary N) is 2. The van der Waals surface area contributed by atoms with Gasteiger partial charge in [0, 0.05) is 36.3 Å². The molecule has 3 rings (SSSR count). The fraction of sp³-hybridized carbons (Fsp3) is 1.00. The van der Waals surface area contributed by atoms with Gasteiger partial charge in [-0.2, -0.15) is 0 Å². The maximum absolute atomic E-state index is 6.00. The van der Waals surface area contributed by atoms with Gasteiger partial charge in [-0.25, -0.2) is 0 Å². The summed E-state index contributed by atoms with van der Waals surface area (Å²) in [6.45, 7) is 0. The molecule has 3 fully saturated rings. The molecule has 3 saturated carbocycles. The van der Waals surface area contributed by atoms with E-state index in [-0.39, 0.29) is 0 Å². The van der Waals surface area contributed by atoms with Crippen LogP contribution in [0.2, 0.25) is 0 Å². The summed E-state index contributed by atoms with van der Waals surface area (Å²) in [4.78, 5) is 0. The van der Waals surface area contributed by atoms with E-state index in [4.69, 9.17) is 11.5 Å². The highest BCUT2D eigenvalue weighted by molar-refractivity contribution is 4.88. The van der Waals surface area contributed by atoms with Crippen LogP contribution >= 0.6 is 0 Å². The molecule has 22 heavy (non-hydrogen) atoms. The lowest BCUT2D eigenvalue weighted by atomic mass is 9.86. The van der Waals surface area contributed by atoms with E-state index in [2.05, 4.69) is 10.6 Å². The average Bonchev–Trinajstić information content (AvgIpc) is 2.54. The van der Waals surface area contributed by atoms with Gasteiger partial charge in [0.2, 0.25) is 0 Å². The molecular weight excluding hydrogens is 272 g/mol. The lowest BCUT2D eigenvalue weighted by molar-refractivity contribution is 0.232. The number of hydrogen-bond donors (Lipinski definition) is 4. The normalized spacial score (nSPS) is 43.9. The minimum absolute atomic E-state index is 0.460. The summed E-state index contributed by atoms with van der Waals surface area (Å²) in [6, 6.07) is 3.88. The van der Waals surface area contributed by atoms with Crippen LogP contribution in [0, 0.1) is 0 Å². The van der Waals surface area contributed by atoms with E-state index in [0.29, 0.717) is 12.1 Å². The fourth-order valence-electron chi connectivity index (χ4n) is 4.67. The molecule has 4 heteroatoms. The van der Waals surface area contributed by atoms with E-state index in [1.807, 2.05) is 0 Å². The van der Waals surface area contributed by atoms with Gasteiger partial charge in [0.25, 0.3) is 0 Å². The zero-order valence-electron chi connectivity index (χ0n) is 14.1. The molecule has 4 nitrogen and oxygen atoms in total. The molecule has 0 heterocycles. The molecule has 3 aliphatic rings. The molecule has 0 atom stereocenters. The van der Waals surface area contributed by atoms with Gasteiger partial charge in [-0.1, -0.05) is 0 Å². The predicted molar refractivity (Wildman–Crippen MR) is 92.8 cm³/mol. The summed E-state index contributed by atoms with van der Waals surface area (Å²) in [7, 11) is 0. The highest BCUT2D eigenvalue weighted by atomic mass is 15.0. The molecule has 0 aromatic rings. The minimum atomic E-state index is 0.460. The van der Waals surface area contributed by atoms with Gasteiger partial charge in [0.15, 0.2) is 0 Å². The van der Waals surface area contributed by atoms with E-state index in [0.717, 1.165) is 24.2 Å². The van der Waals surface area contributed by atoms with Crippen LogP contribution in [0.4, 0.5) is 0 Å². The Labute approximate surface area is 136 Å². The van der Waals surface area contributed by atoms with Crippen LogP contribution in [0.15, 0.2) is 0 Å². The average molecular weight is 309 g/mol. The smallest absolute Gasteiger partial charge is 0.00708 e. The first-order valence-electron chi connectivity index (χ1n) is 9.72. The van der Waals surface area contributed by atoms with Crippen LogP contribution in [0.5, 0.6) is 0 Å². The summed E-state index contributed by atoms with van der Waals surface area (Å²) in [5.41, 5.74) is 12.0. The van der Waals surface area contributed by atoms with Crippen LogP contribution in [-0.4, -0.2) is 36.3 Å². The molecule has 0 spiro atoms. The number of rotatable bonds is 4. The van der Waals surface area contributed by atoms with E-state index < -0.39 is 0 Å². The number of nitrogens with two attached hydrogens (primary N) is 2. The second-order valence-corrected chi connectivity index (χ2v) is 8.11. The maximum atomic E-state index is 6.00. The molecular formula is C18H36N4. The van der Waals surface area contributed by atoms with Crippen molar-refractivity contribution in [3.05, 3.63) is 0 Å². The third-order valence-electron chi connectivity index (χ3n) is 6.21. The van der Waals surface area contributed by atoms with Crippen LogP contribution in [0.3, 0.4) is 0 Å². The largest absolute Gasteiger partial charge is 0.328 e. The zero-order valence-corrected chi connectivity index (χ0v) is 14.1. The Morgan fingerprint density at radius 2 is 0.636 bits per heavy atom. The van der Waals surface area contributed by atoms with Crippen molar-refractivity contribution in [2.75, 3.05) is 0 Å². The van der Waals surface area contributed by atoms with Crippen molar-refractivity contribution in [1.82, 2.24) is 10.6 Å². The topological polar surface area (TPSA) is 76.1 Å². The van der Waals surface area contributed by atoms with E-state index >= 15 is 0 Å². The maximum Gasteiger partial charge on any atom is 0.00708 e. The molecule has 0 bridgehead atoms. The molecule has 0 radical (unpaired) electrons. The Balaban J connectivity index is 1.32. The Morgan fingerprint density at radius 1 is 0.409 bits per heavy atom. The van der Waals surface area contributed by atoms with E-state index in [1.54, 1.807) is 0 Å². The predicted octanol–water partition coefficient (Wildman–Crippen LogP) is 2.02. The van der Waals surface area contributed by atoms with Crippen LogP contribution in [0.1, 0.15) is 77.0 Å². The first-order chi connectivity index (χ1) is 10.7. The van der Waals surface area contributed by atoms with Gasteiger partial charge < -0.3 is 22.1 Å². The molecule has 0 saturated heterocycles. The van der Waals surface area contributed by atoms with E-state index in [9.17, 15) is 0 Å². The van der Waals surface area contributed by atoms with Crippen molar-refractivity contribution in [2.24, 2.45) is 11.5 Å². The Morgan fingerprint density at radius 3 is 0.909 bits per heavy atom. The van der Waals surface area contributed by atoms with Crippen molar-refractivity contribution >= 4 is 0 Å². The lowest BCUT2D eigenvalue weighted by Crippen LogP contribution is -2.48. The summed E-state index contributed by atoms with van der Waals surface area (Å²) < 4.78 is 0. The molecule has 0 amide bonds. The lowest BCUT2D eigenvalue weighted by Gasteiger charge is -2.37. The van der Waals surface area contributed by atoms with Crippen molar-refractivity contribution in [3.8, 4) is 0 Å². The SMILES string of the molecule is NC1CCC(NC2CCC(NC3CCC(N)CC3)CC2)CC1. The van der Waals surface area contributed by atoms with Crippen molar-refractivity contribution < 1.29 is 0 Å². The number of hydrogen-bond acceptors (Lipinski definition) is 4. The van der Waals surface area contributed by atoms with Gasteiger partial charge in [-0.15, -0.1) is 0 Å². The van der Waals surface area contributed by atoms with Crippen molar-refractivity contribution in [3.63, 3.8) is 0 Å². The monoisotopic (exact) mass is 308 g/mol. The minimum Gasteiger partial charge on any atom is -0.328 e. The summed E-state index contributed by atoms with van der Waals surface area (Å²) >= 11 is 0. The van der Waals surface area contributed by atoms with Crippen LogP contribution < -0.4 is 22.1 Å². The van der Waals surface area contributed by atoms with Crippen molar-refractivity contribution in [1.29, 1.82) is 0 Å². The molecule has 0 aromatic carbocycles. The second-order valence-electron chi connectivity index (χ2n) is 8.11. The Kier molecular flexibility index (Phi) is 6.14. The van der Waals surface area contributed by atoms with Gasteiger partial charge in [0.05, 0.1) is 0 Å². The highest BCUT2D eigenvalue weighted by Gasteiger charge is 2.27.